The van der Waals surface area contributed by atoms with Crippen LogP contribution in [0.2, 0.25) is 5.02 Å². The number of hydrogen-bond donors (Lipinski definition) is 1. The van der Waals surface area contributed by atoms with Gasteiger partial charge in [0.15, 0.2) is 0 Å². The van der Waals surface area contributed by atoms with E-state index < -0.39 is 0 Å². The number of carbonyl (C=O) groups is 1. The number of halogens is 1. The van der Waals surface area contributed by atoms with Crippen molar-refractivity contribution in [3.63, 3.8) is 0 Å². The number of hydrogen-bond acceptors (Lipinski definition) is 3. The summed E-state index contributed by atoms with van der Waals surface area (Å²) in [4.78, 5) is 17.3. The van der Waals surface area contributed by atoms with E-state index in [-0.39, 0.29) is 5.91 Å². The molecule has 1 N–H and O–H groups in total. The molecule has 1 heterocycles. The molecule has 0 aliphatic carbocycles. The fourth-order valence-electron chi connectivity index (χ4n) is 3.62. The van der Waals surface area contributed by atoms with Crippen molar-refractivity contribution in [2.45, 2.75) is 33.4 Å². The summed E-state index contributed by atoms with van der Waals surface area (Å²) in [6.45, 7) is 5.86. The van der Waals surface area contributed by atoms with E-state index >= 15 is 0 Å². The second-order valence-corrected chi connectivity index (χ2v) is 8.25. The number of amides is 1. The Kier molecular flexibility index (Phi) is 6.76. The number of nitrogens with one attached hydrogen (secondary N) is 1. The van der Waals surface area contributed by atoms with Gasteiger partial charge in [-0.3, -0.25) is 4.79 Å². The Morgan fingerprint density at radius 1 is 1.03 bits per heavy atom. The maximum atomic E-state index is 12.5. The SMILES string of the molecule is Cc1ccc(OCCCn2c(CNC(=O)c3cccc(Cl)c3)nc3ccccc32)cc1C. The van der Waals surface area contributed by atoms with Crippen molar-refractivity contribution in [1.82, 2.24) is 14.9 Å². The van der Waals surface area contributed by atoms with Crippen LogP contribution in [0.4, 0.5) is 0 Å². The van der Waals surface area contributed by atoms with Crippen LogP contribution >= 0.6 is 11.6 Å². The topological polar surface area (TPSA) is 56.1 Å². The van der Waals surface area contributed by atoms with Crippen molar-refractivity contribution >= 4 is 28.5 Å². The third kappa shape index (κ3) is 5.11. The summed E-state index contributed by atoms with van der Waals surface area (Å²) in [5.74, 6) is 1.52. The lowest BCUT2D eigenvalue weighted by atomic mass is 10.1. The van der Waals surface area contributed by atoms with Gasteiger partial charge in [-0.15, -0.1) is 0 Å². The molecule has 0 unspecified atom stereocenters. The quantitative estimate of drug-likeness (QED) is 0.352. The van der Waals surface area contributed by atoms with Crippen molar-refractivity contribution in [2.24, 2.45) is 0 Å². The number of aromatic nitrogens is 2. The van der Waals surface area contributed by atoms with E-state index in [4.69, 9.17) is 21.3 Å². The number of aryl methyl sites for hydroxylation is 3. The first-order chi connectivity index (χ1) is 15.5. The molecule has 0 bridgehead atoms. The van der Waals surface area contributed by atoms with Crippen LogP contribution < -0.4 is 10.1 Å². The Labute approximate surface area is 193 Å². The van der Waals surface area contributed by atoms with Gasteiger partial charge in [0.1, 0.15) is 11.6 Å². The third-order valence-electron chi connectivity index (χ3n) is 5.50. The molecule has 6 heteroatoms. The number of ether oxygens (including phenoxy) is 1. The molecule has 0 spiro atoms. The lowest BCUT2D eigenvalue weighted by Gasteiger charge is -2.12. The summed E-state index contributed by atoms with van der Waals surface area (Å²) in [5, 5.41) is 3.50. The van der Waals surface area contributed by atoms with E-state index in [1.807, 2.05) is 24.3 Å². The van der Waals surface area contributed by atoms with Crippen LogP contribution in [0.3, 0.4) is 0 Å². The highest BCUT2D eigenvalue weighted by Crippen LogP contribution is 2.19. The second kappa shape index (κ2) is 9.88. The van der Waals surface area contributed by atoms with E-state index in [0.717, 1.165) is 35.6 Å². The second-order valence-electron chi connectivity index (χ2n) is 7.81. The van der Waals surface area contributed by atoms with Crippen molar-refractivity contribution < 1.29 is 9.53 Å². The van der Waals surface area contributed by atoms with E-state index in [0.29, 0.717) is 23.7 Å². The van der Waals surface area contributed by atoms with Gasteiger partial charge in [-0.1, -0.05) is 35.9 Å². The van der Waals surface area contributed by atoms with Gasteiger partial charge in [0, 0.05) is 17.1 Å². The number of imidazole rings is 1. The summed E-state index contributed by atoms with van der Waals surface area (Å²) in [6.07, 6.45) is 0.822. The van der Waals surface area contributed by atoms with Crippen LogP contribution in [-0.4, -0.2) is 22.1 Å². The number of rotatable bonds is 8. The maximum absolute atomic E-state index is 12.5. The molecule has 1 aromatic heterocycles. The van der Waals surface area contributed by atoms with Crippen molar-refractivity contribution in [3.05, 3.63) is 94.3 Å². The molecule has 0 atom stereocenters. The Morgan fingerprint density at radius 2 is 1.88 bits per heavy atom. The molecule has 0 saturated heterocycles. The van der Waals surface area contributed by atoms with Crippen LogP contribution in [0.25, 0.3) is 11.0 Å². The van der Waals surface area contributed by atoms with Crippen molar-refractivity contribution in [1.29, 1.82) is 0 Å². The largest absolute Gasteiger partial charge is 0.494 e. The zero-order chi connectivity index (χ0) is 22.5. The number of carbonyl (C=O) groups excluding carboxylic acids is 1. The summed E-state index contributed by atoms with van der Waals surface area (Å²) in [6, 6.07) is 21.1. The number of fused-ring (bicyclic) bond motifs is 1. The molecule has 0 fully saturated rings. The minimum Gasteiger partial charge on any atom is -0.494 e. The van der Waals surface area contributed by atoms with Gasteiger partial charge in [-0.05, 0) is 73.9 Å². The van der Waals surface area contributed by atoms with Gasteiger partial charge in [0.05, 0.1) is 24.2 Å². The van der Waals surface area contributed by atoms with Crippen LogP contribution in [0, 0.1) is 13.8 Å². The molecule has 5 nitrogen and oxygen atoms in total. The summed E-state index contributed by atoms with van der Waals surface area (Å²) >= 11 is 6.01. The van der Waals surface area contributed by atoms with E-state index in [2.05, 4.69) is 41.9 Å². The first kappa shape index (κ1) is 21.9. The average molecular weight is 448 g/mol. The molecular weight excluding hydrogens is 422 g/mol. The number of para-hydroxylation sites is 2. The molecule has 4 rings (SSSR count). The zero-order valence-corrected chi connectivity index (χ0v) is 19.0. The zero-order valence-electron chi connectivity index (χ0n) is 18.3. The predicted octanol–water partition coefficient (Wildman–Crippen LogP) is 5.71. The van der Waals surface area contributed by atoms with Crippen molar-refractivity contribution in [2.75, 3.05) is 6.61 Å². The molecule has 0 aliphatic heterocycles. The van der Waals surface area contributed by atoms with Gasteiger partial charge in [0.25, 0.3) is 5.91 Å². The Hall–Kier alpha value is -3.31. The summed E-state index contributed by atoms with van der Waals surface area (Å²) in [7, 11) is 0. The van der Waals surface area contributed by atoms with E-state index in [1.165, 1.54) is 11.1 Å². The number of benzene rings is 3. The molecule has 0 aliphatic rings. The first-order valence-electron chi connectivity index (χ1n) is 10.7. The molecule has 4 aromatic rings. The third-order valence-corrected chi connectivity index (χ3v) is 5.74. The molecule has 164 valence electrons. The molecule has 0 saturated carbocycles. The van der Waals surface area contributed by atoms with Gasteiger partial charge in [0.2, 0.25) is 0 Å². The summed E-state index contributed by atoms with van der Waals surface area (Å²) in [5.41, 5.74) is 4.97. The van der Waals surface area contributed by atoms with Crippen molar-refractivity contribution in [3.8, 4) is 5.75 Å². The fourth-order valence-corrected chi connectivity index (χ4v) is 3.81. The Balaban J connectivity index is 1.43. The molecular formula is C26H26ClN3O2. The van der Waals surface area contributed by atoms with Crippen LogP contribution in [0.5, 0.6) is 5.75 Å². The van der Waals surface area contributed by atoms with Crippen LogP contribution in [0.15, 0.2) is 66.7 Å². The van der Waals surface area contributed by atoms with Crippen LogP contribution in [-0.2, 0) is 13.1 Å². The van der Waals surface area contributed by atoms with Gasteiger partial charge in [-0.2, -0.15) is 0 Å². The maximum Gasteiger partial charge on any atom is 0.251 e. The molecule has 1 amide bonds. The highest BCUT2D eigenvalue weighted by atomic mass is 35.5. The highest BCUT2D eigenvalue weighted by Gasteiger charge is 2.13. The normalized spacial score (nSPS) is 11.0. The predicted molar refractivity (Wildman–Crippen MR) is 128 cm³/mol. The highest BCUT2D eigenvalue weighted by molar-refractivity contribution is 6.30. The van der Waals surface area contributed by atoms with Gasteiger partial charge >= 0.3 is 0 Å². The lowest BCUT2D eigenvalue weighted by molar-refractivity contribution is 0.0949. The molecule has 32 heavy (non-hydrogen) atoms. The number of nitrogens with zero attached hydrogens (tertiary/aromatic N) is 2. The van der Waals surface area contributed by atoms with Gasteiger partial charge in [-0.25, -0.2) is 4.98 Å². The Bertz CT molecular complexity index is 1250. The minimum absolute atomic E-state index is 0.177. The van der Waals surface area contributed by atoms with Gasteiger partial charge < -0.3 is 14.6 Å². The van der Waals surface area contributed by atoms with E-state index in [9.17, 15) is 4.79 Å². The minimum atomic E-state index is -0.177. The standard InChI is InChI=1S/C26H26ClN3O2/c1-18-11-12-22(15-19(18)2)32-14-6-13-30-24-10-4-3-9-23(24)29-25(30)17-28-26(31)20-7-5-8-21(27)16-20/h3-5,7-12,15-16H,6,13-14,17H2,1-2H3,(H,28,31). The Morgan fingerprint density at radius 3 is 2.69 bits per heavy atom. The average Bonchev–Trinajstić information content (AvgIpc) is 3.15. The monoisotopic (exact) mass is 447 g/mol. The molecule has 0 radical (unpaired) electrons. The smallest absolute Gasteiger partial charge is 0.251 e. The first-order valence-corrected chi connectivity index (χ1v) is 11.1. The summed E-state index contributed by atoms with van der Waals surface area (Å²) < 4.78 is 8.09. The fraction of sp³-hybridized carbons (Fsp3) is 0.231. The lowest BCUT2D eigenvalue weighted by Crippen LogP contribution is -2.25. The van der Waals surface area contributed by atoms with Crippen LogP contribution in [0.1, 0.15) is 33.7 Å². The van der Waals surface area contributed by atoms with E-state index in [1.54, 1.807) is 24.3 Å². The molecule has 3 aromatic carbocycles.